The van der Waals surface area contributed by atoms with Crippen LogP contribution in [0.4, 0.5) is 5.69 Å². The fourth-order valence-electron chi connectivity index (χ4n) is 3.95. The van der Waals surface area contributed by atoms with E-state index in [1.54, 1.807) is 6.92 Å². The molecule has 24 heavy (non-hydrogen) atoms. The molecule has 0 N–H and O–H groups in total. The van der Waals surface area contributed by atoms with E-state index >= 15 is 0 Å². The molecular formula is C20H30N2O2. The molecule has 1 fully saturated rings. The van der Waals surface area contributed by atoms with Gasteiger partial charge >= 0.3 is 0 Å². The van der Waals surface area contributed by atoms with Crippen LogP contribution in [0.3, 0.4) is 0 Å². The largest absolute Gasteiger partial charge is 0.381 e. The Morgan fingerprint density at radius 3 is 2.50 bits per heavy atom. The molecule has 2 aliphatic heterocycles. The van der Waals surface area contributed by atoms with Crippen molar-refractivity contribution in [1.29, 1.82) is 0 Å². The molecule has 0 atom stereocenters. The van der Waals surface area contributed by atoms with Crippen molar-refractivity contribution in [3.8, 4) is 0 Å². The fraction of sp³-hybridized carbons (Fsp3) is 0.650. The Labute approximate surface area is 145 Å². The summed E-state index contributed by atoms with van der Waals surface area (Å²) in [5, 5.41) is 0. The van der Waals surface area contributed by atoms with Gasteiger partial charge in [0.2, 0.25) is 5.91 Å². The van der Waals surface area contributed by atoms with Gasteiger partial charge in [-0.1, -0.05) is 31.0 Å². The van der Waals surface area contributed by atoms with E-state index in [1.807, 2.05) is 11.0 Å². The SMILES string of the molecule is CC(=O)N1CCCCCCN(C2CCOCC2)Cc2ccccc21. The van der Waals surface area contributed by atoms with Crippen LogP contribution in [0.2, 0.25) is 0 Å². The van der Waals surface area contributed by atoms with E-state index in [4.69, 9.17) is 4.74 Å². The summed E-state index contributed by atoms with van der Waals surface area (Å²) in [6.45, 7) is 6.37. The highest BCUT2D eigenvalue weighted by Gasteiger charge is 2.24. The van der Waals surface area contributed by atoms with Crippen molar-refractivity contribution >= 4 is 11.6 Å². The zero-order chi connectivity index (χ0) is 16.8. The molecule has 0 saturated carbocycles. The Bertz CT molecular complexity index is 540. The summed E-state index contributed by atoms with van der Waals surface area (Å²) in [4.78, 5) is 16.8. The Balaban J connectivity index is 1.86. The third-order valence-corrected chi connectivity index (χ3v) is 5.32. The molecule has 0 radical (unpaired) electrons. The van der Waals surface area contributed by atoms with Crippen LogP contribution in [0, 0.1) is 0 Å². The van der Waals surface area contributed by atoms with Crippen LogP contribution >= 0.6 is 0 Å². The monoisotopic (exact) mass is 330 g/mol. The van der Waals surface area contributed by atoms with E-state index in [0.717, 1.165) is 57.8 Å². The van der Waals surface area contributed by atoms with Gasteiger partial charge in [-0.15, -0.1) is 0 Å². The summed E-state index contributed by atoms with van der Waals surface area (Å²) in [6, 6.07) is 9.05. The predicted octanol–water partition coefficient (Wildman–Crippen LogP) is 3.59. The van der Waals surface area contributed by atoms with Gasteiger partial charge < -0.3 is 9.64 Å². The van der Waals surface area contributed by atoms with Gasteiger partial charge in [0.15, 0.2) is 0 Å². The molecule has 2 heterocycles. The number of ether oxygens (including phenoxy) is 1. The summed E-state index contributed by atoms with van der Waals surface area (Å²) in [5.41, 5.74) is 2.38. The molecule has 1 aromatic rings. The molecule has 0 aromatic heterocycles. The minimum atomic E-state index is 0.152. The number of para-hydroxylation sites is 1. The predicted molar refractivity (Wildman–Crippen MR) is 97.2 cm³/mol. The molecule has 2 aliphatic rings. The molecule has 0 aliphatic carbocycles. The van der Waals surface area contributed by atoms with Crippen LogP contribution in [-0.4, -0.2) is 43.2 Å². The van der Waals surface area contributed by atoms with Crippen molar-refractivity contribution in [3.05, 3.63) is 29.8 Å². The molecule has 132 valence electrons. The lowest BCUT2D eigenvalue weighted by Crippen LogP contribution is -2.40. The van der Waals surface area contributed by atoms with Gasteiger partial charge in [-0.2, -0.15) is 0 Å². The van der Waals surface area contributed by atoms with Gasteiger partial charge in [-0.05, 0) is 43.9 Å². The molecule has 0 spiro atoms. The first kappa shape index (κ1) is 17.4. The van der Waals surface area contributed by atoms with E-state index in [9.17, 15) is 4.79 Å². The molecule has 3 rings (SSSR count). The van der Waals surface area contributed by atoms with Crippen molar-refractivity contribution < 1.29 is 9.53 Å². The van der Waals surface area contributed by atoms with Gasteiger partial charge in [-0.25, -0.2) is 0 Å². The van der Waals surface area contributed by atoms with Crippen molar-refractivity contribution in [3.63, 3.8) is 0 Å². The summed E-state index contributed by atoms with van der Waals surface area (Å²) in [6.07, 6.45) is 7.04. The Morgan fingerprint density at radius 1 is 1.04 bits per heavy atom. The number of hydrogen-bond donors (Lipinski definition) is 0. The molecule has 1 saturated heterocycles. The van der Waals surface area contributed by atoms with Crippen LogP contribution < -0.4 is 4.90 Å². The van der Waals surface area contributed by atoms with Crippen molar-refractivity contribution in [2.24, 2.45) is 0 Å². The second-order valence-corrected chi connectivity index (χ2v) is 7.03. The maximum Gasteiger partial charge on any atom is 0.223 e. The van der Waals surface area contributed by atoms with Crippen LogP contribution in [-0.2, 0) is 16.1 Å². The highest BCUT2D eigenvalue weighted by atomic mass is 16.5. The van der Waals surface area contributed by atoms with Crippen molar-refractivity contribution in [2.45, 2.75) is 58.0 Å². The molecule has 4 nitrogen and oxygen atoms in total. The molecule has 1 amide bonds. The summed E-state index contributed by atoms with van der Waals surface area (Å²) in [5.74, 6) is 0.152. The standard InChI is InChI=1S/C20H30N2O2/c1-17(23)22-13-7-3-2-6-12-21(19-10-14-24-15-11-19)16-18-8-4-5-9-20(18)22/h4-5,8-9,19H,2-3,6-7,10-16H2,1H3. The molecular weight excluding hydrogens is 300 g/mol. The minimum Gasteiger partial charge on any atom is -0.381 e. The Kier molecular flexibility index (Phi) is 6.27. The maximum atomic E-state index is 12.2. The number of rotatable bonds is 1. The summed E-state index contributed by atoms with van der Waals surface area (Å²) < 4.78 is 5.55. The first-order chi connectivity index (χ1) is 11.8. The number of carbonyl (C=O) groups excluding carboxylic acids is 1. The van der Waals surface area contributed by atoms with Crippen molar-refractivity contribution in [1.82, 2.24) is 4.90 Å². The first-order valence-corrected chi connectivity index (χ1v) is 9.43. The number of anilines is 1. The lowest BCUT2D eigenvalue weighted by molar-refractivity contribution is -0.116. The molecule has 4 heteroatoms. The van der Waals surface area contributed by atoms with Crippen LogP contribution in [0.1, 0.15) is 51.0 Å². The highest BCUT2D eigenvalue weighted by Crippen LogP contribution is 2.26. The van der Waals surface area contributed by atoms with Crippen molar-refractivity contribution in [2.75, 3.05) is 31.2 Å². The van der Waals surface area contributed by atoms with Gasteiger partial charge in [0, 0.05) is 45.0 Å². The van der Waals surface area contributed by atoms with E-state index < -0.39 is 0 Å². The second kappa shape index (κ2) is 8.63. The lowest BCUT2D eigenvalue weighted by atomic mass is 10.0. The number of amides is 1. The van der Waals surface area contributed by atoms with Crippen LogP contribution in [0.25, 0.3) is 0 Å². The van der Waals surface area contributed by atoms with E-state index in [2.05, 4.69) is 23.1 Å². The second-order valence-electron chi connectivity index (χ2n) is 7.03. The Morgan fingerprint density at radius 2 is 1.75 bits per heavy atom. The van der Waals surface area contributed by atoms with E-state index in [0.29, 0.717) is 6.04 Å². The maximum absolute atomic E-state index is 12.2. The summed E-state index contributed by atoms with van der Waals surface area (Å²) in [7, 11) is 0. The topological polar surface area (TPSA) is 32.8 Å². The molecule has 0 unspecified atom stereocenters. The number of carbonyl (C=O) groups is 1. The molecule has 0 bridgehead atoms. The average molecular weight is 330 g/mol. The number of benzene rings is 1. The number of hydrogen-bond acceptors (Lipinski definition) is 3. The van der Waals surface area contributed by atoms with Gasteiger partial charge in [0.05, 0.1) is 0 Å². The normalized spacial score (nSPS) is 21.8. The van der Waals surface area contributed by atoms with Gasteiger partial charge in [-0.3, -0.25) is 9.69 Å². The third kappa shape index (κ3) is 4.37. The molecule has 1 aromatic carbocycles. The van der Waals surface area contributed by atoms with Crippen LogP contribution in [0.5, 0.6) is 0 Å². The van der Waals surface area contributed by atoms with Gasteiger partial charge in [0.1, 0.15) is 0 Å². The minimum absolute atomic E-state index is 0.152. The van der Waals surface area contributed by atoms with Crippen LogP contribution in [0.15, 0.2) is 24.3 Å². The first-order valence-electron chi connectivity index (χ1n) is 9.43. The zero-order valence-corrected chi connectivity index (χ0v) is 14.9. The smallest absolute Gasteiger partial charge is 0.223 e. The van der Waals surface area contributed by atoms with Gasteiger partial charge in [0.25, 0.3) is 0 Å². The number of nitrogens with zero attached hydrogens (tertiary/aromatic N) is 2. The fourth-order valence-corrected chi connectivity index (χ4v) is 3.95. The highest BCUT2D eigenvalue weighted by molar-refractivity contribution is 5.92. The third-order valence-electron chi connectivity index (χ3n) is 5.32. The summed E-state index contributed by atoms with van der Waals surface area (Å²) >= 11 is 0. The number of fused-ring (bicyclic) bond motifs is 1. The quantitative estimate of drug-likeness (QED) is 0.789. The average Bonchev–Trinajstić information content (AvgIpc) is 2.65. The van der Waals surface area contributed by atoms with E-state index in [1.165, 1.54) is 24.8 Å². The lowest BCUT2D eigenvalue weighted by Gasteiger charge is -2.35. The van der Waals surface area contributed by atoms with E-state index in [-0.39, 0.29) is 5.91 Å². The Hall–Kier alpha value is -1.39. The zero-order valence-electron chi connectivity index (χ0n) is 14.9.